The fourth-order valence-electron chi connectivity index (χ4n) is 0. The van der Waals surface area contributed by atoms with E-state index in [1.54, 1.807) is 0 Å². The summed E-state index contributed by atoms with van der Waals surface area (Å²) in [5, 5.41) is 37.5. The van der Waals surface area contributed by atoms with E-state index in [-0.39, 0.29) is 40.4 Å². The van der Waals surface area contributed by atoms with Crippen LogP contribution in [0.1, 0.15) is 0 Å². The van der Waals surface area contributed by atoms with Crippen molar-refractivity contribution in [1.29, 1.82) is 0 Å². The minimum atomic E-state index is -4.36. The van der Waals surface area contributed by atoms with Gasteiger partial charge < -0.3 is 48.3 Å². The molecule has 190 valence electrons. The van der Waals surface area contributed by atoms with Gasteiger partial charge in [-0.25, -0.2) is 42.1 Å². The van der Waals surface area contributed by atoms with Gasteiger partial charge in [-0.05, 0) is 0 Å². The Bertz CT molecular complexity index is 746. The molecule has 0 amide bonds. The van der Waals surface area contributed by atoms with Crippen molar-refractivity contribution in [1.82, 2.24) is 0 Å². The molecule has 0 spiro atoms. The SMILES string of the molecule is O=S(=O)([O-])CO.O=S(=O)([O-])CO.O=S(=O)([O-])CO.O=S(=O)([O-])CO.O=S(=O)([O-])CO.[Al+3].[Mg+2]. The molecule has 0 aliphatic heterocycles. The first-order valence-electron chi connectivity index (χ1n) is 5.52. The third-order valence-corrected chi connectivity index (χ3v) is 2.37. The molecule has 32 heavy (non-hydrogen) atoms. The Morgan fingerprint density at radius 2 is 0.406 bits per heavy atom. The average Bonchev–Trinajstić information content (AvgIpc) is 2.54. The summed E-state index contributed by atoms with van der Waals surface area (Å²) in [6, 6.07) is 0. The second-order valence-corrected chi connectivity index (χ2v) is 10.3. The fraction of sp³-hybridized carbons (Fsp3) is 1.00. The molecule has 0 bridgehead atoms. The summed E-state index contributed by atoms with van der Waals surface area (Å²) < 4.78 is 138. The van der Waals surface area contributed by atoms with Crippen LogP contribution in [0, 0.1) is 0 Å². The van der Waals surface area contributed by atoms with Crippen molar-refractivity contribution in [3.05, 3.63) is 0 Å². The molecule has 0 aliphatic rings. The Balaban J connectivity index is -0.0000000481. The van der Waals surface area contributed by atoms with E-state index < -0.39 is 80.3 Å². The molecule has 0 fully saturated rings. The smallest absolute Gasteiger partial charge is 0.746 e. The fourth-order valence-corrected chi connectivity index (χ4v) is 0. The van der Waals surface area contributed by atoms with Crippen LogP contribution in [0.2, 0.25) is 0 Å². The minimum absolute atomic E-state index is 0. The van der Waals surface area contributed by atoms with Crippen LogP contribution in [0.15, 0.2) is 0 Å². The van der Waals surface area contributed by atoms with Crippen molar-refractivity contribution >= 4 is 91.0 Å². The monoisotopic (exact) mass is 606 g/mol. The van der Waals surface area contributed by atoms with Crippen molar-refractivity contribution in [2.24, 2.45) is 0 Å². The van der Waals surface area contributed by atoms with E-state index in [0.717, 1.165) is 0 Å². The molecule has 0 rings (SSSR count). The topological polar surface area (TPSA) is 387 Å². The van der Waals surface area contributed by atoms with Gasteiger partial charge in [-0.2, -0.15) is 0 Å². The first-order valence-corrected chi connectivity index (χ1v) is 13.4. The molecule has 0 aliphatic carbocycles. The zero-order chi connectivity index (χ0) is 26.0. The van der Waals surface area contributed by atoms with Gasteiger partial charge in [0.05, 0.1) is 0 Å². The average molecular weight is 607 g/mol. The van der Waals surface area contributed by atoms with Crippen LogP contribution in [-0.4, -0.2) is 160 Å². The molecule has 0 unspecified atom stereocenters. The van der Waals surface area contributed by atoms with Crippen LogP contribution < -0.4 is 0 Å². The molecule has 0 aromatic carbocycles. The second-order valence-electron chi connectivity index (χ2n) is 3.43. The summed E-state index contributed by atoms with van der Waals surface area (Å²) in [6.07, 6.45) is 0. The summed E-state index contributed by atoms with van der Waals surface area (Å²) in [5.41, 5.74) is 0. The Morgan fingerprint density at radius 1 is 0.375 bits per heavy atom. The zero-order valence-electron chi connectivity index (χ0n) is 15.2. The maximum Gasteiger partial charge on any atom is 3.00 e. The van der Waals surface area contributed by atoms with Gasteiger partial charge in [-0.1, -0.05) is 0 Å². The van der Waals surface area contributed by atoms with Crippen LogP contribution >= 0.6 is 0 Å². The molecule has 0 saturated carbocycles. The molecular formula is C5H15AlMgO20S5. The third kappa shape index (κ3) is 110. The second kappa shape index (κ2) is 23.4. The molecule has 20 nitrogen and oxygen atoms in total. The van der Waals surface area contributed by atoms with Gasteiger partial charge in [-0.3, -0.25) is 0 Å². The number of rotatable bonds is 5. The summed E-state index contributed by atoms with van der Waals surface area (Å²) in [5.74, 6) is -6.56. The summed E-state index contributed by atoms with van der Waals surface area (Å²) in [7, 11) is -21.8. The van der Waals surface area contributed by atoms with E-state index in [1.807, 2.05) is 0 Å². The molecule has 0 heterocycles. The maximum absolute atomic E-state index is 9.19. The van der Waals surface area contributed by atoms with E-state index in [4.69, 9.17) is 25.5 Å². The van der Waals surface area contributed by atoms with Gasteiger partial charge in [0.25, 0.3) is 0 Å². The van der Waals surface area contributed by atoms with Crippen LogP contribution in [0.3, 0.4) is 0 Å². The molecule has 5 N–H and O–H groups in total. The third-order valence-electron chi connectivity index (χ3n) is 0.791. The van der Waals surface area contributed by atoms with Crippen LogP contribution in [0.4, 0.5) is 0 Å². The number of hydrogen-bond donors (Lipinski definition) is 5. The predicted octanol–water partition coefficient (Wildman–Crippen LogP) is -8.35. The van der Waals surface area contributed by atoms with Crippen LogP contribution in [0.5, 0.6) is 0 Å². The van der Waals surface area contributed by atoms with Crippen molar-refractivity contribution in [2.45, 2.75) is 0 Å². The van der Waals surface area contributed by atoms with Gasteiger partial charge in [0.2, 0.25) is 0 Å². The van der Waals surface area contributed by atoms with Crippen LogP contribution in [0.25, 0.3) is 0 Å². The molecule has 0 atom stereocenters. The summed E-state index contributed by atoms with van der Waals surface area (Å²) in [6.45, 7) is 0. The van der Waals surface area contributed by atoms with Crippen molar-refractivity contribution < 1.29 is 90.4 Å². The number of aliphatic hydroxyl groups excluding tert-OH is 5. The standard InChI is InChI=1S/5CH4O4S.Al.Mg/c5*2-1-6(3,4)5;;/h5*2H,1H2,(H,3,4,5);;/q;;;;;+3;+2/p-5. The molecular weight excluding hydrogens is 592 g/mol. The van der Waals surface area contributed by atoms with Crippen molar-refractivity contribution in [2.75, 3.05) is 29.7 Å². The Kier molecular flexibility index (Phi) is 36.3. The first kappa shape index (κ1) is 49.7. The molecule has 0 aromatic heterocycles. The van der Waals surface area contributed by atoms with E-state index >= 15 is 0 Å². The van der Waals surface area contributed by atoms with Gasteiger partial charge in [0, 0.05) is 0 Å². The van der Waals surface area contributed by atoms with Crippen molar-refractivity contribution in [3.8, 4) is 0 Å². The molecule has 0 radical (unpaired) electrons. The maximum atomic E-state index is 9.19. The molecule has 27 heteroatoms. The van der Waals surface area contributed by atoms with E-state index in [0.29, 0.717) is 0 Å². The van der Waals surface area contributed by atoms with Gasteiger partial charge in [-0.15, -0.1) is 0 Å². The predicted molar refractivity (Wildman–Crippen MR) is 95.4 cm³/mol. The Labute approximate surface area is 209 Å². The normalized spacial score (nSPS) is 10.9. The largest absolute Gasteiger partial charge is 3.00 e. The van der Waals surface area contributed by atoms with Gasteiger partial charge in [0.15, 0.2) is 0 Å². The summed E-state index contributed by atoms with van der Waals surface area (Å²) in [4.78, 5) is 0. The van der Waals surface area contributed by atoms with Gasteiger partial charge >= 0.3 is 40.4 Å². The van der Waals surface area contributed by atoms with E-state index in [2.05, 4.69) is 0 Å². The number of aliphatic hydroxyl groups is 5. The molecule has 0 aromatic rings. The molecule has 0 saturated heterocycles. The first-order chi connectivity index (χ1) is 12.8. The quantitative estimate of drug-likeness (QED) is 0.143. The minimum Gasteiger partial charge on any atom is -0.746 e. The van der Waals surface area contributed by atoms with E-state index in [1.165, 1.54) is 0 Å². The van der Waals surface area contributed by atoms with Crippen LogP contribution in [-0.2, 0) is 50.6 Å². The van der Waals surface area contributed by atoms with E-state index in [9.17, 15) is 64.9 Å². The van der Waals surface area contributed by atoms with Crippen molar-refractivity contribution in [3.63, 3.8) is 0 Å². The Morgan fingerprint density at radius 3 is 0.406 bits per heavy atom. The zero-order valence-corrected chi connectivity index (χ0v) is 21.9. The Hall–Kier alpha value is 0.649. The number of hydrogen-bond acceptors (Lipinski definition) is 20. The summed E-state index contributed by atoms with van der Waals surface area (Å²) >= 11 is 0. The van der Waals surface area contributed by atoms with Gasteiger partial charge in [0.1, 0.15) is 80.3 Å².